The van der Waals surface area contributed by atoms with E-state index in [1.807, 2.05) is 0 Å². The molecule has 1 atom stereocenters. The lowest BCUT2D eigenvalue weighted by atomic mass is 10.1. The lowest BCUT2D eigenvalue weighted by molar-refractivity contribution is 0.00427. The molecular formula is C14H17N2O5P. The minimum absolute atomic E-state index is 0.0169. The average Bonchev–Trinajstić information content (AvgIpc) is 2.78. The average molecular weight is 324 g/mol. The summed E-state index contributed by atoms with van der Waals surface area (Å²) >= 11 is 0. The molecule has 1 heterocycles. The van der Waals surface area contributed by atoms with Gasteiger partial charge < -0.3 is 10.5 Å². The third kappa shape index (κ3) is 3.75. The number of hydrogen-bond acceptors (Lipinski definition) is 6. The molecule has 0 aromatic heterocycles. The maximum atomic E-state index is 12.3. The first-order chi connectivity index (χ1) is 10.7. The van der Waals surface area contributed by atoms with Crippen molar-refractivity contribution in [1.29, 1.82) is 0 Å². The molecule has 2 N–H and O–H groups in total. The van der Waals surface area contributed by atoms with Gasteiger partial charge in [-0.25, -0.2) is 4.57 Å². The summed E-state index contributed by atoms with van der Waals surface area (Å²) in [6.07, 6.45) is 0.100. The molecular weight excluding hydrogens is 307 g/mol. The summed E-state index contributed by atoms with van der Waals surface area (Å²) < 4.78 is 20.8. The van der Waals surface area contributed by atoms with Gasteiger partial charge in [0, 0.05) is 6.61 Å². The summed E-state index contributed by atoms with van der Waals surface area (Å²) in [6.45, 7) is 0.916. The summed E-state index contributed by atoms with van der Waals surface area (Å²) in [5.74, 6) is -0.708. The Balaban J connectivity index is 2.05. The van der Waals surface area contributed by atoms with E-state index in [1.165, 1.54) is 0 Å². The first-order valence-corrected chi connectivity index (χ1v) is 7.63. The topological polar surface area (TPSA) is 98.9 Å². The Morgan fingerprint density at radius 2 is 1.82 bits per heavy atom. The molecule has 0 saturated carbocycles. The van der Waals surface area contributed by atoms with Crippen LogP contribution >= 0.6 is 8.69 Å². The molecule has 2 rings (SSSR count). The van der Waals surface area contributed by atoms with E-state index in [2.05, 4.69) is 0 Å². The van der Waals surface area contributed by atoms with Gasteiger partial charge in [-0.3, -0.25) is 19.0 Å². The van der Waals surface area contributed by atoms with E-state index in [4.69, 9.17) is 15.0 Å². The molecule has 22 heavy (non-hydrogen) atoms. The van der Waals surface area contributed by atoms with Crippen LogP contribution in [0.15, 0.2) is 24.3 Å². The Labute approximate surface area is 129 Å². The van der Waals surface area contributed by atoms with Gasteiger partial charge >= 0.3 is 8.69 Å². The smallest absolute Gasteiger partial charge is 0.327 e. The molecule has 1 aromatic carbocycles. The molecule has 1 aliphatic rings. The van der Waals surface area contributed by atoms with Gasteiger partial charge in [-0.2, -0.15) is 0 Å². The number of rotatable bonds is 9. The van der Waals surface area contributed by atoms with E-state index in [0.717, 1.165) is 4.90 Å². The number of benzene rings is 1. The minimum atomic E-state index is -0.546. The molecule has 1 aliphatic heterocycles. The number of fused-ring (bicyclic) bond motifs is 1. The van der Waals surface area contributed by atoms with Crippen molar-refractivity contribution >= 4 is 20.5 Å². The Bertz CT molecular complexity index is 531. The van der Waals surface area contributed by atoms with Crippen LogP contribution in [0.5, 0.6) is 0 Å². The van der Waals surface area contributed by atoms with Crippen molar-refractivity contribution < 1.29 is 23.4 Å². The standard InChI is InChI=1S/C14H17N2O5P/c15-6-3-7-20-10(9-21-22-19)8-16-13(17)11-4-1-2-5-12(11)14(16)18/h1-2,4-5,10H,3,6-9,15H2. The van der Waals surface area contributed by atoms with Crippen molar-refractivity contribution in [3.05, 3.63) is 35.4 Å². The van der Waals surface area contributed by atoms with Crippen LogP contribution in [-0.4, -0.2) is 49.1 Å². The zero-order chi connectivity index (χ0) is 15.9. The van der Waals surface area contributed by atoms with Crippen molar-refractivity contribution in [2.75, 3.05) is 26.3 Å². The predicted octanol–water partition coefficient (Wildman–Crippen LogP) is 1.24. The van der Waals surface area contributed by atoms with Crippen LogP contribution in [0.3, 0.4) is 0 Å². The highest BCUT2D eigenvalue weighted by atomic mass is 31.1. The van der Waals surface area contributed by atoms with Crippen LogP contribution in [0.4, 0.5) is 0 Å². The monoisotopic (exact) mass is 324 g/mol. The van der Waals surface area contributed by atoms with Crippen molar-refractivity contribution in [2.45, 2.75) is 12.5 Å². The van der Waals surface area contributed by atoms with E-state index in [1.54, 1.807) is 24.3 Å². The quantitative estimate of drug-likeness (QED) is 0.417. The summed E-state index contributed by atoms with van der Waals surface area (Å²) in [6, 6.07) is 6.66. The summed E-state index contributed by atoms with van der Waals surface area (Å²) in [4.78, 5) is 25.7. The summed E-state index contributed by atoms with van der Waals surface area (Å²) in [5, 5.41) is 0. The third-order valence-electron chi connectivity index (χ3n) is 3.28. The van der Waals surface area contributed by atoms with Crippen molar-refractivity contribution in [3.8, 4) is 0 Å². The van der Waals surface area contributed by atoms with Gasteiger partial charge in [-0.05, 0) is 25.1 Å². The Hall–Kier alpha value is -1.66. The molecule has 118 valence electrons. The molecule has 1 aromatic rings. The normalized spacial score (nSPS) is 15.4. The molecule has 0 bridgehead atoms. The van der Waals surface area contributed by atoms with Crippen LogP contribution in [0.2, 0.25) is 0 Å². The molecule has 0 saturated heterocycles. The molecule has 8 heteroatoms. The number of imide groups is 1. The largest absolute Gasteiger partial charge is 0.374 e. The molecule has 1 unspecified atom stereocenters. The lowest BCUT2D eigenvalue weighted by Gasteiger charge is -2.21. The Morgan fingerprint density at radius 3 is 2.36 bits per heavy atom. The van der Waals surface area contributed by atoms with E-state index >= 15 is 0 Å². The van der Waals surface area contributed by atoms with Gasteiger partial charge in [0.05, 0.1) is 30.4 Å². The van der Waals surface area contributed by atoms with Gasteiger partial charge in [0.1, 0.15) is 0 Å². The van der Waals surface area contributed by atoms with E-state index in [0.29, 0.717) is 30.7 Å². The second-order valence-electron chi connectivity index (χ2n) is 4.77. The van der Waals surface area contributed by atoms with Crippen molar-refractivity contribution in [3.63, 3.8) is 0 Å². The van der Waals surface area contributed by atoms with Crippen LogP contribution in [0.25, 0.3) is 0 Å². The molecule has 0 radical (unpaired) electrons. The summed E-state index contributed by atoms with van der Waals surface area (Å²) in [5.41, 5.74) is 6.17. The van der Waals surface area contributed by atoms with E-state index in [-0.39, 0.29) is 25.0 Å². The number of nitrogens with two attached hydrogens (primary N) is 1. The first kappa shape index (κ1) is 16.7. The fourth-order valence-corrected chi connectivity index (χ4v) is 2.44. The second-order valence-corrected chi connectivity index (χ2v) is 5.18. The highest BCUT2D eigenvalue weighted by Crippen LogP contribution is 2.23. The number of carbonyl (C=O) groups is 2. The number of nitrogens with zero attached hydrogens (tertiary/aromatic N) is 1. The zero-order valence-corrected chi connectivity index (χ0v) is 12.8. The molecule has 7 nitrogen and oxygen atoms in total. The van der Waals surface area contributed by atoms with Gasteiger partial charge in [-0.15, -0.1) is 0 Å². The van der Waals surface area contributed by atoms with Gasteiger partial charge in [0.25, 0.3) is 11.8 Å². The highest BCUT2D eigenvalue weighted by Gasteiger charge is 2.36. The van der Waals surface area contributed by atoms with Gasteiger partial charge in [0.2, 0.25) is 0 Å². The van der Waals surface area contributed by atoms with Gasteiger partial charge in [0.15, 0.2) is 0 Å². The zero-order valence-electron chi connectivity index (χ0n) is 11.9. The minimum Gasteiger partial charge on any atom is -0.374 e. The first-order valence-electron chi connectivity index (χ1n) is 6.90. The van der Waals surface area contributed by atoms with Crippen molar-refractivity contribution in [2.24, 2.45) is 5.73 Å². The Kier molecular flexibility index (Phi) is 6.15. The summed E-state index contributed by atoms with van der Waals surface area (Å²) in [7, 11) is -0.473. The van der Waals surface area contributed by atoms with Gasteiger partial charge in [-0.1, -0.05) is 12.1 Å². The van der Waals surface area contributed by atoms with Crippen LogP contribution in [-0.2, 0) is 13.8 Å². The molecule has 2 amide bonds. The maximum absolute atomic E-state index is 12.3. The third-order valence-corrected chi connectivity index (χ3v) is 3.53. The van der Waals surface area contributed by atoms with Crippen LogP contribution in [0.1, 0.15) is 27.1 Å². The number of carbonyl (C=O) groups excluding carboxylic acids is 2. The fourth-order valence-electron chi connectivity index (χ4n) is 2.21. The Morgan fingerprint density at radius 1 is 1.18 bits per heavy atom. The predicted molar refractivity (Wildman–Crippen MR) is 78.8 cm³/mol. The molecule has 0 spiro atoms. The number of hydrogen-bond donors (Lipinski definition) is 1. The molecule has 0 fully saturated rings. The lowest BCUT2D eigenvalue weighted by Crippen LogP contribution is -2.40. The van der Waals surface area contributed by atoms with Crippen molar-refractivity contribution in [1.82, 2.24) is 4.90 Å². The van der Waals surface area contributed by atoms with Crippen LogP contribution in [0, 0.1) is 0 Å². The van der Waals surface area contributed by atoms with Crippen LogP contribution < -0.4 is 5.73 Å². The SMILES string of the molecule is NCCCOC(COP=O)CN1C(=O)c2ccccc2C1=O. The highest BCUT2D eigenvalue weighted by molar-refractivity contribution is 7.17. The number of ether oxygens (including phenoxy) is 1. The number of amides is 2. The second kappa shape index (κ2) is 8.10. The van der Waals surface area contributed by atoms with E-state index in [9.17, 15) is 14.2 Å². The van der Waals surface area contributed by atoms with E-state index < -0.39 is 14.8 Å². The molecule has 0 aliphatic carbocycles. The fraction of sp³-hybridized carbons (Fsp3) is 0.429. The maximum Gasteiger partial charge on any atom is 0.327 e.